The molecule has 0 amide bonds. The smallest absolute Gasteiger partial charge is 0.172 e. The molecular formula is C8H9ClOS. The second kappa shape index (κ2) is 3.98. The van der Waals surface area contributed by atoms with E-state index in [1.807, 2.05) is 6.08 Å². The maximum atomic E-state index is 11.1. The van der Waals surface area contributed by atoms with Gasteiger partial charge in [-0.3, -0.25) is 4.79 Å². The molecule has 0 saturated carbocycles. The van der Waals surface area contributed by atoms with Crippen LogP contribution in [0.15, 0.2) is 22.8 Å². The van der Waals surface area contributed by atoms with Gasteiger partial charge in [0.05, 0.1) is 5.75 Å². The van der Waals surface area contributed by atoms with Crippen LogP contribution in [0.1, 0.15) is 12.8 Å². The molecule has 60 valence electrons. The lowest BCUT2D eigenvalue weighted by Gasteiger charge is -2.06. The first-order valence-electron chi connectivity index (χ1n) is 3.44. The van der Waals surface area contributed by atoms with Crippen LogP contribution in [0.4, 0.5) is 0 Å². The van der Waals surface area contributed by atoms with Crippen molar-refractivity contribution in [3.8, 4) is 0 Å². The van der Waals surface area contributed by atoms with Gasteiger partial charge in [0.15, 0.2) is 5.78 Å². The summed E-state index contributed by atoms with van der Waals surface area (Å²) in [6.45, 7) is 0. The van der Waals surface area contributed by atoms with E-state index in [1.165, 1.54) is 0 Å². The van der Waals surface area contributed by atoms with Gasteiger partial charge >= 0.3 is 0 Å². The zero-order valence-corrected chi connectivity index (χ0v) is 7.66. The average Bonchev–Trinajstić information content (AvgIpc) is 2.03. The number of carbonyl (C=O) groups is 1. The molecule has 0 N–H and O–H groups in total. The molecule has 0 aromatic carbocycles. The van der Waals surface area contributed by atoms with Crippen molar-refractivity contribution >= 4 is 30.0 Å². The van der Waals surface area contributed by atoms with Crippen LogP contribution in [0.2, 0.25) is 0 Å². The fraction of sp³-hybridized carbons (Fsp3) is 0.375. The third-order valence-corrected chi connectivity index (χ3v) is 2.11. The molecule has 0 saturated heterocycles. The summed E-state index contributed by atoms with van der Waals surface area (Å²) in [4.78, 5) is 11.1. The summed E-state index contributed by atoms with van der Waals surface area (Å²) in [6, 6.07) is 0. The van der Waals surface area contributed by atoms with Crippen molar-refractivity contribution in [1.29, 1.82) is 0 Å². The largest absolute Gasteiger partial charge is 0.293 e. The summed E-state index contributed by atoms with van der Waals surface area (Å²) in [7, 11) is 0. The zero-order valence-electron chi connectivity index (χ0n) is 6.01. The number of hydrogen-bond acceptors (Lipinski definition) is 2. The number of hydrogen-bond donors (Lipinski definition) is 1. The Balaban J connectivity index is 2.73. The normalized spacial score (nSPS) is 17.3. The Bertz CT molecular complexity index is 230. The van der Waals surface area contributed by atoms with E-state index in [0.717, 1.165) is 17.9 Å². The average molecular weight is 189 g/mol. The molecule has 1 nitrogen and oxygen atoms in total. The molecule has 0 aromatic heterocycles. The van der Waals surface area contributed by atoms with Crippen LogP contribution in [-0.4, -0.2) is 11.5 Å². The topological polar surface area (TPSA) is 17.1 Å². The van der Waals surface area contributed by atoms with E-state index in [9.17, 15) is 4.79 Å². The van der Waals surface area contributed by atoms with Gasteiger partial charge in [0.25, 0.3) is 0 Å². The molecule has 0 spiro atoms. The van der Waals surface area contributed by atoms with E-state index in [0.29, 0.717) is 5.57 Å². The lowest BCUT2D eigenvalue weighted by atomic mass is 10.0. The highest BCUT2D eigenvalue weighted by Crippen LogP contribution is 2.20. The molecule has 0 heterocycles. The molecule has 0 aromatic rings. The standard InChI is InChI=1S/C8H9ClOS/c9-7-3-1-2-6(4-7)8(10)5-11/h2,4,11H,1,3,5H2. The van der Waals surface area contributed by atoms with E-state index >= 15 is 0 Å². The molecule has 0 aliphatic heterocycles. The monoisotopic (exact) mass is 188 g/mol. The molecule has 1 aliphatic rings. The van der Waals surface area contributed by atoms with Crippen molar-refractivity contribution < 1.29 is 4.79 Å². The lowest BCUT2D eigenvalue weighted by molar-refractivity contribution is -0.112. The summed E-state index contributed by atoms with van der Waals surface area (Å²) in [5.74, 6) is 0.304. The minimum Gasteiger partial charge on any atom is -0.293 e. The van der Waals surface area contributed by atoms with Gasteiger partial charge in [-0.1, -0.05) is 17.7 Å². The van der Waals surface area contributed by atoms with E-state index in [2.05, 4.69) is 12.6 Å². The van der Waals surface area contributed by atoms with Crippen molar-refractivity contribution in [2.24, 2.45) is 0 Å². The summed E-state index contributed by atoms with van der Waals surface area (Å²) in [6.07, 6.45) is 5.35. The van der Waals surface area contributed by atoms with Gasteiger partial charge in [-0.15, -0.1) is 0 Å². The van der Waals surface area contributed by atoms with E-state index in [-0.39, 0.29) is 11.5 Å². The van der Waals surface area contributed by atoms with Gasteiger partial charge in [0.2, 0.25) is 0 Å². The fourth-order valence-electron chi connectivity index (χ4n) is 0.951. The molecule has 1 aliphatic carbocycles. The van der Waals surface area contributed by atoms with Gasteiger partial charge in [0.1, 0.15) is 0 Å². The summed E-state index contributed by atoms with van der Waals surface area (Å²) < 4.78 is 0. The summed E-state index contributed by atoms with van der Waals surface area (Å²) >= 11 is 9.65. The Morgan fingerprint density at radius 3 is 3.00 bits per heavy atom. The number of thiol groups is 1. The molecule has 0 bridgehead atoms. The molecule has 11 heavy (non-hydrogen) atoms. The van der Waals surface area contributed by atoms with Gasteiger partial charge in [-0.05, 0) is 18.9 Å². The van der Waals surface area contributed by atoms with E-state index < -0.39 is 0 Å². The Kier molecular flexibility index (Phi) is 3.21. The molecule has 1 rings (SSSR count). The number of allylic oxidation sites excluding steroid dienone is 4. The first-order chi connectivity index (χ1) is 5.24. The number of Topliss-reactive ketones (excluding diaryl/α,β-unsaturated/α-hetero) is 1. The molecule has 0 atom stereocenters. The highest BCUT2D eigenvalue weighted by Gasteiger charge is 2.08. The fourth-order valence-corrected chi connectivity index (χ4v) is 1.36. The van der Waals surface area contributed by atoms with Crippen LogP contribution in [0.5, 0.6) is 0 Å². The van der Waals surface area contributed by atoms with Crippen molar-refractivity contribution in [3.05, 3.63) is 22.8 Å². The Labute approximate surface area is 76.5 Å². The first kappa shape index (κ1) is 8.88. The van der Waals surface area contributed by atoms with Gasteiger partial charge in [0, 0.05) is 10.6 Å². The van der Waals surface area contributed by atoms with Crippen molar-refractivity contribution in [2.45, 2.75) is 12.8 Å². The third-order valence-electron chi connectivity index (χ3n) is 1.53. The predicted octanol–water partition coefficient (Wildman–Crippen LogP) is 2.33. The minimum absolute atomic E-state index is 0.0474. The first-order valence-corrected chi connectivity index (χ1v) is 4.45. The number of rotatable bonds is 2. The highest BCUT2D eigenvalue weighted by atomic mass is 35.5. The summed E-state index contributed by atoms with van der Waals surface area (Å²) in [5.41, 5.74) is 0.705. The molecule has 3 heteroatoms. The Hall–Kier alpha value is -0.210. The Morgan fingerprint density at radius 2 is 2.45 bits per heavy atom. The van der Waals surface area contributed by atoms with Crippen LogP contribution in [0.25, 0.3) is 0 Å². The van der Waals surface area contributed by atoms with Crippen LogP contribution >= 0.6 is 24.2 Å². The maximum absolute atomic E-state index is 11.1. The van der Waals surface area contributed by atoms with Gasteiger partial charge in [-0.2, -0.15) is 12.6 Å². The lowest BCUT2D eigenvalue weighted by Crippen LogP contribution is -2.04. The van der Waals surface area contributed by atoms with Gasteiger partial charge in [-0.25, -0.2) is 0 Å². The summed E-state index contributed by atoms with van der Waals surface area (Å²) in [5, 5.41) is 0.762. The van der Waals surface area contributed by atoms with Crippen molar-refractivity contribution in [3.63, 3.8) is 0 Å². The molecular weight excluding hydrogens is 180 g/mol. The van der Waals surface area contributed by atoms with Crippen LogP contribution in [0.3, 0.4) is 0 Å². The second-order valence-corrected chi connectivity index (χ2v) is 3.17. The molecule has 0 fully saturated rings. The zero-order chi connectivity index (χ0) is 8.27. The minimum atomic E-state index is 0.0474. The van der Waals surface area contributed by atoms with Crippen molar-refractivity contribution in [1.82, 2.24) is 0 Å². The molecule has 0 unspecified atom stereocenters. The number of halogens is 1. The van der Waals surface area contributed by atoms with Crippen molar-refractivity contribution in [2.75, 3.05) is 5.75 Å². The maximum Gasteiger partial charge on any atom is 0.172 e. The van der Waals surface area contributed by atoms with Crippen LogP contribution < -0.4 is 0 Å². The van der Waals surface area contributed by atoms with Crippen LogP contribution in [-0.2, 0) is 4.79 Å². The Morgan fingerprint density at radius 1 is 1.73 bits per heavy atom. The van der Waals surface area contributed by atoms with E-state index in [4.69, 9.17) is 11.6 Å². The second-order valence-electron chi connectivity index (χ2n) is 2.37. The molecule has 0 radical (unpaired) electrons. The third kappa shape index (κ3) is 2.38. The number of carbonyl (C=O) groups excluding carboxylic acids is 1. The quantitative estimate of drug-likeness (QED) is 0.659. The highest BCUT2D eigenvalue weighted by molar-refractivity contribution is 7.81. The predicted molar refractivity (Wildman–Crippen MR) is 50.1 cm³/mol. The number of ketones is 1. The van der Waals surface area contributed by atoms with Crippen LogP contribution in [0, 0.1) is 0 Å². The van der Waals surface area contributed by atoms with Gasteiger partial charge < -0.3 is 0 Å². The van der Waals surface area contributed by atoms with E-state index in [1.54, 1.807) is 6.08 Å². The SMILES string of the molecule is O=C(CS)C1=CCCC(Cl)=C1.